The zero-order valence-electron chi connectivity index (χ0n) is 14.2. The molecule has 136 valence electrons. The molecule has 2 rings (SSSR count). The summed E-state index contributed by atoms with van der Waals surface area (Å²) < 4.78 is 0. The van der Waals surface area contributed by atoms with Gasteiger partial charge in [-0.1, -0.05) is 18.2 Å². The Balaban J connectivity index is 1.96. The van der Waals surface area contributed by atoms with Gasteiger partial charge < -0.3 is 25.5 Å². The molecule has 0 fully saturated rings. The number of phenolic OH excluding ortho intramolecular Hbond substituents is 2. The van der Waals surface area contributed by atoms with Gasteiger partial charge in [0.2, 0.25) is 5.91 Å². The molecule has 0 heterocycles. The molecule has 2 aromatic rings. The number of carbonyl (C=O) groups excluding carboxylic acids is 1. The van der Waals surface area contributed by atoms with Gasteiger partial charge in [-0.2, -0.15) is 0 Å². The Bertz CT molecular complexity index is 832. The summed E-state index contributed by atoms with van der Waals surface area (Å²) in [6.45, 7) is 0.358. The number of amides is 2. The second-order valence-electron chi connectivity index (χ2n) is 5.73. The van der Waals surface area contributed by atoms with Crippen molar-refractivity contribution in [3.63, 3.8) is 0 Å². The summed E-state index contributed by atoms with van der Waals surface area (Å²) in [7, 11) is 1.50. The van der Waals surface area contributed by atoms with Crippen molar-refractivity contribution in [3.8, 4) is 11.5 Å². The van der Waals surface area contributed by atoms with Crippen molar-refractivity contribution in [2.24, 2.45) is 0 Å². The van der Waals surface area contributed by atoms with E-state index in [2.05, 4.69) is 5.32 Å². The molecule has 0 aliphatic carbocycles. The zero-order chi connectivity index (χ0) is 19.1. The number of likely N-dealkylation sites (N-methyl/N-ethyl adjacent to an activating group) is 1. The Hall–Kier alpha value is -3.48. The molecule has 2 aromatic carbocycles. The number of nitrogens with zero attached hydrogens (tertiary/aromatic N) is 1. The summed E-state index contributed by atoms with van der Waals surface area (Å²) >= 11 is 0. The van der Waals surface area contributed by atoms with Gasteiger partial charge in [0.05, 0.1) is 0 Å². The van der Waals surface area contributed by atoms with Crippen LogP contribution in [0.25, 0.3) is 6.08 Å². The summed E-state index contributed by atoms with van der Waals surface area (Å²) in [6, 6.07) is 11.4. The Morgan fingerprint density at radius 1 is 1.12 bits per heavy atom. The Morgan fingerprint density at radius 3 is 2.58 bits per heavy atom. The first-order chi connectivity index (χ1) is 12.3. The number of aromatic hydroxyl groups is 2. The molecule has 0 spiro atoms. The van der Waals surface area contributed by atoms with Gasteiger partial charge in [-0.25, -0.2) is 4.79 Å². The third-order valence-corrected chi connectivity index (χ3v) is 3.68. The van der Waals surface area contributed by atoms with Crippen LogP contribution in [0.1, 0.15) is 11.1 Å². The monoisotopic (exact) mass is 356 g/mol. The molecule has 0 aromatic heterocycles. The lowest BCUT2D eigenvalue weighted by atomic mass is 10.1. The lowest BCUT2D eigenvalue weighted by Crippen LogP contribution is -2.26. The largest absolute Gasteiger partial charge is 0.504 e. The van der Waals surface area contributed by atoms with Crippen LogP contribution in [0.15, 0.2) is 48.5 Å². The van der Waals surface area contributed by atoms with Crippen LogP contribution in [0.5, 0.6) is 11.5 Å². The number of nitrogens with one attached hydrogen (secondary N) is 1. The fourth-order valence-corrected chi connectivity index (χ4v) is 2.20. The Labute approximate surface area is 150 Å². The van der Waals surface area contributed by atoms with Crippen LogP contribution < -0.4 is 5.32 Å². The smallest absolute Gasteiger partial charge is 0.407 e. The molecule has 0 saturated heterocycles. The predicted octanol–water partition coefficient (Wildman–Crippen LogP) is 2.90. The van der Waals surface area contributed by atoms with E-state index < -0.39 is 6.09 Å². The van der Waals surface area contributed by atoms with E-state index in [0.717, 1.165) is 5.56 Å². The molecule has 0 aliphatic heterocycles. The average Bonchev–Trinajstić information content (AvgIpc) is 2.61. The lowest BCUT2D eigenvalue weighted by molar-refractivity contribution is -0.111. The van der Waals surface area contributed by atoms with Crippen LogP contribution >= 0.6 is 0 Å². The fourth-order valence-electron chi connectivity index (χ4n) is 2.20. The molecule has 0 unspecified atom stereocenters. The normalized spacial score (nSPS) is 10.7. The maximum atomic E-state index is 12.0. The topological polar surface area (TPSA) is 110 Å². The van der Waals surface area contributed by atoms with Crippen molar-refractivity contribution in [1.29, 1.82) is 0 Å². The predicted molar refractivity (Wildman–Crippen MR) is 98.2 cm³/mol. The highest BCUT2D eigenvalue weighted by atomic mass is 16.4. The van der Waals surface area contributed by atoms with Gasteiger partial charge in [-0.15, -0.1) is 0 Å². The molecule has 26 heavy (non-hydrogen) atoms. The van der Waals surface area contributed by atoms with Gasteiger partial charge >= 0.3 is 6.09 Å². The standard InChI is InChI=1S/C19H20N2O5/c1-21(19(25)26)10-9-13-3-2-4-15(11-13)20-18(24)8-6-14-5-7-16(22)17(23)12-14/h2-8,11-12,22-23H,9-10H2,1H3,(H,20,24)(H,25,26)/b8-6+. The molecule has 0 radical (unpaired) electrons. The van der Waals surface area contributed by atoms with E-state index in [0.29, 0.717) is 24.2 Å². The van der Waals surface area contributed by atoms with Crippen molar-refractivity contribution in [2.75, 3.05) is 18.9 Å². The van der Waals surface area contributed by atoms with Gasteiger partial charge in [0, 0.05) is 25.4 Å². The number of rotatable bonds is 6. The summed E-state index contributed by atoms with van der Waals surface area (Å²) in [6.07, 6.45) is 2.38. The minimum Gasteiger partial charge on any atom is -0.504 e. The molecule has 4 N–H and O–H groups in total. The third-order valence-electron chi connectivity index (χ3n) is 3.68. The van der Waals surface area contributed by atoms with Crippen LogP contribution in [0.2, 0.25) is 0 Å². The summed E-state index contributed by atoms with van der Waals surface area (Å²) in [5, 5.41) is 30.3. The Kier molecular flexibility index (Phi) is 6.21. The van der Waals surface area contributed by atoms with Gasteiger partial charge in [-0.05, 0) is 47.9 Å². The van der Waals surface area contributed by atoms with E-state index in [-0.39, 0.29) is 17.4 Å². The number of carbonyl (C=O) groups is 2. The van der Waals surface area contributed by atoms with Crippen molar-refractivity contribution in [3.05, 3.63) is 59.7 Å². The first kappa shape index (κ1) is 18.9. The number of carboxylic acid groups (broad SMARTS) is 1. The lowest BCUT2D eigenvalue weighted by Gasteiger charge is -2.13. The highest BCUT2D eigenvalue weighted by Crippen LogP contribution is 2.25. The van der Waals surface area contributed by atoms with Gasteiger partial charge in [0.25, 0.3) is 0 Å². The molecule has 0 atom stereocenters. The maximum Gasteiger partial charge on any atom is 0.407 e. The number of anilines is 1. The van der Waals surface area contributed by atoms with Crippen LogP contribution in [0, 0.1) is 0 Å². The molecular formula is C19H20N2O5. The quantitative estimate of drug-likeness (QED) is 0.470. The van der Waals surface area contributed by atoms with Crippen LogP contribution in [0.4, 0.5) is 10.5 Å². The third kappa shape index (κ3) is 5.55. The maximum absolute atomic E-state index is 12.0. The van der Waals surface area contributed by atoms with E-state index in [9.17, 15) is 19.8 Å². The van der Waals surface area contributed by atoms with Crippen LogP contribution in [-0.4, -0.2) is 45.8 Å². The van der Waals surface area contributed by atoms with E-state index in [1.807, 2.05) is 6.07 Å². The molecule has 0 saturated carbocycles. The van der Waals surface area contributed by atoms with Crippen LogP contribution in [-0.2, 0) is 11.2 Å². The number of benzene rings is 2. The fraction of sp³-hybridized carbons (Fsp3) is 0.158. The van der Waals surface area contributed by atoms with Crippen molar-refractivity contribution in [1.82, 2.24) is 4.90 Å². The molecule has 7 nitrogen and oxygen atoms in total. The minimum atomic E-state index is -0.986. The molecule has 0 bridgehead atoms. The van der Waals surface area contributed by atoms with Gasteiger partial charge in [0.1, 0.15) is 0 Å². The number of hydrogen-bond acceptors (Lipinski definition) is 4. The number of hydrogen-bond donors (Lipinski definition) is 4. The highest BCUT2D eigenvalue weighted by molar-refractivity contribution is 6.02. The molecule has 7 heteroatoms. The van der Waals surface area contributed by atoms with E-state index >= 15 is 0 Å². The second-order valence-corrected chi connectivity index (χ2v) is 5.73. The zero-order valence-corrected chi connectivity index (χ0v) is 14.2. The van der Waals surface area contributed by atoms with Gasteiger partial charge in [-0.3, -0.25) is 4.79 Å². The van der Waals surface area contributed by atoms with Gasteiger partial charge in [0.15, 0.2) is 11.5 Å². The number of phenols is 2. The van der Waals surface area contributed by atoms with E-state index in [1.54, 1.807) is 24.3 Å². The minimum absolute atomic E-state index is 0.225. The van der Waals surface area contributed by atoms with Crippen molar-refractivity contribution in [2.45, 2.75) is 6.42 Å². The Morgan fingerprint density at radius 2 is 1.88 bits per heavy atom. The molecule has 2 amide bonds. The average molecular weight is 356 g/mol. The second kappa shape index (κ2) is 8.57. The molecule has 0 aliphatic rings. The highest BCUT2D eigenvalue weighted by Gasteiger charge is 2.06. The van der Waals surface area contributed by atoms with Crippen LogP contribution in [0.3, 0.4) is 0 Å². The summed E-state index contributed by atoms with van der Waals surface area (Å²) in [5.74, 6) is -0.832. The van der Waals surface area contributed by atoms with Crippen molar-refractivity contribution < 1.29 is 24.9 Å². The van der Waals surface area contributed by atoms with E-state index in [1.165, 1.54) is 36.2 Å². The first-order valence-corrected chi connectivity index (χ1v) is 7.89. The summed E-state index contributed by atoms with van der Waals surface area (Å²) in [5.41, 5.74) is 2.08. The molecular weight excluding hydrogens is 336 g/mol. The SMILES string of the molecule is CN(CCc1cccc(NC(=O)/C=C/c2ccc(O)c(O)c2)c1)C(=O)O. The van der Waals surface area contributed by atoms with Crippen molar-refractivity contribution >= 4 is 23.8 Å². The van der Waals surface area contributed by atoms with E-state index in [4.69, 9.17) is 5.11 Å². The summed E-state index contributed by atoms with van der Waals surface area (Å²) in [4.78, 5) is 24.0. The first-order valence-electron chi connectivity index (χ1n) is 7.89.